The standard InChI is InChI=1S/C21H26O.C2H6/c1-14-6-7-16-13-17-10-11-21(2)19(8-9-20(21)22)18(17)5-3-4-15(16)12-14;1-2/h4,6-7,12-13,17-19H,3,5,8-11H2,1-2H3;1-2H3/b15-4-,16-13-;/t17?,18-,19?,21-;/m0./s1. The summed E-state index contributed by atoms with van der Waals surface area (Å²) in [5.41, 5.74) is 1.34. The van der Waals surface area contributed by atoms with E-state index in [1.54, 1.807) is 0 Å². The second-order valence-electron chi connectivity index (χ2n) is 7.93. The smallest absolute Gasteiger partial charge is 0.139 e. The lowest BCUT2D eigenvalue weighted by atomic mass is 9.59. The molecule has 0 N–H and O–H groups in total. The summed E-state index contributed by atoms with van der Waals surface area (Å²) in [7, 11) is 0. The fourth-order valence-corrected chi connectivity index (χ4v) is 5.39. The van der Waals surface area contributed by atoms with Crippen LogP contribution in [0.15, 0.2) is 18.2 Å². The zero-order valence-electron chi connectivity index (χ0n) is 15.8. The number of ketones is 1. The van der Waals surface area contributed by atoms with Gasteiger partial charge in [0, 0.05) is 11.8 Å². The summed E-state index contributed by atoms with van der Waals surface area (Å²) in [6.45, 7) is 8.43. The van der Waals surface area contributed by atoms with Crippen molar-refractivity contribution in [3.8, 4) is 0 Å². The molecule has 4 atom stereocenters. The van der Waals surface area contributed by atoms with Gasteiger partial charge in [-0.05, 0) is 67.2 Å². The van der Waals surface area contributed by atoms with Crippen molar-refractivity contribution in [1.29, 1.82) is 0 Å². The van der Waals surface area contributed by atoms with Crippen molar-refractivity contribution in [2.45, 2.75) is 66.2 Å². The van der Waals surface area contributed by atoms with Gasteiger partial charge >= 0.3 is 0 Å². The first kappa shape index (κ1) is 17.5. The zero-order valence-corrected chi connectivity index (χ0v) is 15.8. The van der Waals surface area contributed by atoms with Gasteiger partial charge in [-0.25, -0.2) is 0 Å². The average molecular weight is 325 g/mol. The highest BCUT2D eigenvalue weighted by atomic mass is 16.1. The lowest BCUT2D eigenvalue weighted by molar-refractivity contribution is -0.129. The minimum absolute atomic E-state index is 0.00961. The second kappa shape index (κ2) is 6.86. The monoisotopic (exact) mass is 324 g/mol. The van der Waals surface area contributed by atoms with Crippen LogP contribution in [0.2, 0.25) is 0 Å². The predicted molar refractivity (Wildman–Crippen MR) is 102 cm³/mol. The van der Waals surface area contributed by atoms with E-state index in [0.29, 0.717) is 23.5 Å². The number of carbonyl (C=O) groups excluding carboxylic acids is 1. The Hall–Kier alpha value is -1.37. The van der Waals surface area contributed by atoms with E-state index in [1.165, 1.54) is 28.8 Å². The lowest BCUT2D eigenvalue weighted by Crippen LogP contribution is -2.42. The van der Waals surface area contributed by atoms with E-state index >= 15 is 0 Å². The van der Waals surface area contributed by atoms with Gasteiger partial charge in [-0.3, -0.25) is 4.79 Å². The Morgan fingerprint density at radius 1 is 1.08 bits per heavy atom. The van der Waals surface area contributed by atoms with Gasteiger partial charge in [-0.1, -0.05) is 56.7 Å². The molecule has 0 radical (unpaired) electrons. The third kappa shape index (κ3) is 2.87. The summed E-state index contributed by atoms with van der Waals surface area (Å²) in [4.78, 5) is 12.4. The van der Waals surface area contributed by atoms with Crippen LogP contribution in [-0.4, -0.2) is 5.78 Å². The normalized spacial score (nSPS) is 37.0. The van der Waals surface area contributed by atoms with E-state index in [9.17, 15) is 4.79 Å². The number of hydrogen-bond donors (Lipinski definition) is 0. The first-order chi connectivity index (χ1) is 11.6. The molecule has 0 aliphatic heterocycles. The number of rotatable bonds is 0. The van der Waals surface area contributed by atoms with Gasteiger partial charge in [0.25, 0.3) is 0 Å². The highest BCUT2D eigenvalue weighted by molar-refractivity contribution is 5.87. The summed E-state index contributed by atoms with van der Waals surface area (Å²) in [6.07, 6.45) is 11.6. The molecule has 0 aromatic heterocycles. The summed E-state index contributed by atoms with van der Waals surface area (Å²) in [5.74, 6) is 2.53. The number of aryl methyl sites for hydroxylation is 1. The van der Waals surface area contributed by atoms with E-state index in [1.807, 2.05) is 13.8 Å². The van der Waals surface area contributed by atoms with Gasteiger partial charge in [0.05, 0.1) is 0 Å². The number of Topliss-reactive ketones (excluding diaryl/α,β-unsaturated/α-hetero) is 1. The minimum Gasteiger partial charge on any atom is -0.299 e. The molecule has 1 heteroatoms. The van der Waals surface area contributed by atoms with Gasteiger partial charge in [0.2, 0.25) is 0 Å². The van der Waals surface area contributed by atoms with Crippen LogP contribution in [0, 0.1) is 30.1 Å². The lowest BCUT2D eigenvalue weighted by Gasteiger charge is -2.45. The predicted octanol–water partition coefficient (Wildman–Crippen LogP) is 4.39. The van der Waals surface area contributed by atoms with E-state index in [-0.39, 0.29) is 5.41 Å². The molecule has 2 saturated carbocycles. The van der Waals surface area contributed by atoms with E-state index in [0.717, 1.165) is 25.7 Å². The van der Waals surface area contributed by atoms with Crippen LogP contribution in [0.3, 0.4) is 0 Å². The minimum atomic E-state index is -0.00961. The van der Waals surface area contributed by atoms with E-state index in [4.69, 9.17) is 0 Å². The SMILES string of the molecule is CC.Cc1ccc2/c(c1)=C\CC[C@H]1C(\C=2)CC[C@]2(C)C(=O)CCC12. The second-order valence-corrected chi connectivity index (χ2v) is 7.93. The summed E-state index contributed by atoms with van der Waals surface area (Å²) in [5, 5.41) is 2.82. The molecule has 0 heterocycles. The highest BCUT2D eigenvalue weighted by Gasteiger charge is 2.52. The van der Waals surface area contributed by atoms with Crippen molar-refractivity contribution >= 4 is 17.9 Å². The first-order valence-corrected chi connectivity index (χ1v) is 9.90. The van der Waals surface area contributed by atoms with Crippen molar-refractivity contribution in [3.63, 3.8) is 0 Å². The van der Waals surface area contributed by atoms with Crippen LogP contribution in [0.1, 0.15) is 64.9 Å². The molecule has 130 valence electrons. The van der Waals surface area contributed by atoms with Gasteiger partial charge in [-0.2, -0.15) is 0 Å². The Bertz CT molecular complexity index is 729. The van der Waals surface area contributed by atoms with Crippen LogP contribution in [0.5, 0.6) is 0 Å². The Labute approximate surface area is 146 Å². The van der Waals surface area contributed by atoms with Crippen LogP contribution < -0.4 is 10.4 Å². The Morgan fingerprint density at radius 2 is 1.88 bits per heavy atom. The third-order valence-electron chi connectivity index (χ3n) is 6.70. The largest absolute Gasteiger partial charge is 0.299 e. The molecule has 0 saturated heterocycles. The molecule has 1 aromatic rings. The maximum atomic E-state index is 12.4. The molecule has 4 rings (SSSR count). The highest BCUT2D eigenvalue weighted by Crippen LogP contribution is 2.55. The first-order valence-electron chi connectivity index (χ1n) is 9.90. The molecule has 0 spiro atoms. The van der Waals surface area contributed by atoms with Crippen LogP contribution in [0.25, 0.3) is 12.2 Å². The molecule has 2 fully saturated rings. The van der Waals surface area contributed by atoms with Crippen molar-refractivity contribution in [2.75, 3.05) is 0 Å². The van der Waals surface area contributed by atoms with Crippen LogP contribution in [-0.2, 0) is 4.79 Å². The summed E-state index contributed by atoms with van der Waals surface area (Å²) >= 11 is 0. The third-order valence-corrected chi connectivity index (χ3v) is 6.70. The zero-order chi connectivity index (χ0) is 17.3. The molecular formula is C23H32O. The molecule has 1 aromatic carbocycles. The maximum absolute atomic E-state index is 12.4. The molecular weight excluding hydrogens is 292 g/mol. The van der Waals surface area contributed by atoms with Crippen molar-refractivity contribution in [3.05, 3.63) is 34.2 Å². The molecule has 24 heavy (non-hydrogen) atoms. The van der Waals surface area contributed by atoms with Gasteiger partial charge in [0.1, 0.15) is 5.78 Å². The summed E-state index contributed by atoms with van der Waals surface area (Å²) < 4.78 is 0. The molecule has 3 aliphatic carbocycles. The number of carbonyl (C=O) groups is 1. The van der Waals surface area contributed by atoms with E-state index in [2.05, 4.69) is 44.2 Å². The van der Waals surface area contributed by atoms with Crippen molar-refractivity contribution in [2.24, 2.45) is 23.2 Å². The van der Waals surface area contributed by atoms with Gasteiger partial charge < -0.3 is 0 Å². The maximum Gasteiger partial charge on any atom is 0.139 e. The fraction of sp³-hybridized carbons (Fsp3) is 0.609. The van der Waals surface area contributed by atoms with Crippen LogP contribution in [0.4, 0.5) is 0 Å². The van der Waals surface area contributed by atoms with Crippen LogP contribution >= 0.6 is 0 Å². The molecule has 0 bridgehead atoms. The average Bonchev–Trinajstić information content (AvgIpc) is 2.87. The Kier molecular flexibility index (Phi) is 4.99. The Morgan fingerprint density at radius 3 is 2.67 bits per heavy atom. The summed E-state index contributed by atoms with van der Waals surface area (Å²) in [6, 6.07) is 6.83. The quantitative estimate of drug-likeness (QED) is 0.692. The molecule has 3 aliphatic rings. The molecule has 2 unspecified atom stereocenters. The van der Waals surface area contributed by atoms with Crippen molar-refractivity contribution in [1.82, 2.24) is 0 Å². The Balaban J connectivity index is 0.000000815. The van der Waals surface area contributed by atoms with Crippen molar-refractivity contribution < 1.29 is 4.79 Å². The van der Waals surface area contributed by atoms with Gasteiger partial charge in [-0.15, -0.1) is 0 Å². The van der Waals surface area contributed by atoms with Gasteiger partial charge in [0.15, 0.2) is 0 Å². The number of hydrogen-bond acceptors (Lipinski definition) is 1. The van der Waals surface area contributed by atoms with E-state index < -0.39 is 0 Å². The number of benzene rings is 1. The number of fused-ring (bicyclic) bond motifs is 4. The molecule has 1 nitrogen and oxygen atoms in total. The topological polar surface area (TPSA) is 17.1 Å². The molecule has 0 amide bonds. The fourth-order valence-electron chi connectivity index (χ4n) is 5.39.